The maximum absolute atomic E-state index is 12.9. The molecule has 1 aromatic carbocycles. The van der Waals surface area contributed by atoms with Crippen molar-refractivity contribution in [1.82, 2.24) is 10.2 Å². The molecular formula is C19H28ClFN2O2. The standard InChI is InChI=1S/C19H27FN2O2.ClH/c1-2-4-19(24)21-17-10-13-22(14-11-17)12-3-5-18(23)15-6-8-16(20)9-7-15;/h6-9,17H,2-5,10-14H2,1H3,(H,21,24);1H. The minimum Gasteiger partial charge on any atom is -0.353 e. The van der Waals surface area contributed by atoms with Crippen molar-refractivity contribution in [3.8, 4) is 0 Å². The summed E-state index contributed by atoms with van der Waals surface area (Å²) in [6.45, 7) is 4.82. The van der Waals surface area contributed by atoms with Crippen molar-refractivity contribution in [3.05, 3.63) is 35.6 Å². The molecule has 0 bridgehead atoms. The van der Waals surface area contributed by atoms with Gasteiger partial charge in [-0.3, -0.25) is 9.59 Å². The third-order valence-electron chi connectivity index (χ3n) is 4.47. The number of halogens is 2. The van der Waals surface area contributed by atoms with Crippen molar-refractivity contribution in [2.45, 2.75) is 51.5 Å². The molecular weight excluding hydrogens is 343 g/mol. The van der Waals surface area contributed by atoms with Gasteiger partial charge in [-0.15, -0.1) is 12.4 Å². The van der Waals surface area contributed by atoms with Crippen molar-refractivity contribution >= 4 is 24.1 Å². The Morgan fingerprint density at radius 3 is 2.40 bits per heavy atom. The average molecular weight is 371 g/mol. The molecule has 0 unspecified atom stereocenters. The molecule has 1 heterocycles. The van der Waals surface area contributed by atoms with Crippen molar-refractivity contribution in [3.63, 3.8) is 0 Å². The first kappa shape index (κ1) is 21.6. The van der Waals surface area contributed by atoms with Crippen LogP contribution in [0, 0.1) is 5.82 Å². The van der Waals surface area contributed by atoms with Gasteiger partial charge in [0, 0.05) is 37.5 Å². The highest BCUT2D eigenvalue weighted by molar-refractivity contribution is 5.95. The summed E-state index contributed by atoms with van der Waals surface area (Å²) in [6.07, 6.45) is 4.73. The molecule has 1 N–H and O–H groups in total. The Hall–Kier alpha value is -1.46. The second-order valence-corrected chi connectivity index (χ2v) is 6.47. The molecule has 25 heavy (non-hydrogen) atoms. The fourth-order valence-electron chi connectivity index (χ4n) is 3.07. The highest BCUT2D eigenvalue weighted by atomic mass is 35.5. The van der Waals surface area contributed by atoms with Gasteiger partial charge in [0.05, 0.1) is 0 Å². The number of piperidine rings is 1. The van der Waals surface area contributed by atoms with E-state index >= 15 is 0 Å². The first-order valence-electron chi connectivity index (χ1n) is 8.89. The van der Waals surface area contributed by atoms with Gasteiger partial charge in [0.25, 0.3) is 0 Å². The van der Waals surface area contributed by atoms with Crippen LogP contribution >= 0.6 is 12.4 Å². The summed E-state index contributed by atoms with van der Waals surface area (Å²) >= 11 is 0. The molecule has 4 nitrogen and oxygen atoms in total. The molecule has 1 fully saturated rings. The lowest BCUT2D eigenvalue weighted by atomic mass is 10.0. The van der Waals surface area contributed by atoms with Gasteiger partial charge in [-0.05, 0) is 56.5 Å². The topological polar surface area (TPSA) is 49.4 Å². The largest absolute Gasteiger partial charge is 0.353 e. The molecule has 0 saturated carbocycles. The van der Waals surface area contributed by atoms with Crippen molar-refractivity contribution in [2.75, 3.05) is 19.6 Å². The van der Waals surface area contributed by atoms with Crippen LogP contribution in [0.25, 0.3) is 0 Å². The average Bonchev–Trinajstić information content (AvgIpc) is 2.57. The summed E-state index contributed by atoms with van der Waals surface area (Å²) < 4.78 is 12.9. The van der Waals surface area contributed by atoms with Crippen molar-refractivity contribution in [2.24, 2.45) is 0 Å². The number of carbonyl (C=O) groups excluding carboxylic acids is 2. The minimum absolute atomic E-state index is 0. The molecule has 0 aliphatic carbocycles. The quantitative estimate of drug-likeness (QED) is 0.711. The summed E-state index contributed by atoms with van der Waals surface area (Å²) in [7, 11) is 0. The molecule has 1 saturated heterocycles. The number of ketones is 1. The van der Waals surface area contributed by atoms with Gasteiger partial charge in [-0.2, -0.15) is 0 Å². The zero-order valence-corrected chi connectivity index (χ0v) is 15.6. The van der Waals surface area contributed by atoms with Gasteiger partial charge >= 0.3 is 0 Å². The molecule has 0 radical (unpaired) electrons. The molecule has 2 rings (SSSR count). The first-order valence-corrected chi connectivity index (χ1v) is 8.89. The predicted molar refractivity (Wildman–Crippen MR) is 99.7 cm³/mol. The summed E-state index contributed by atoms with van der Waals surface area (Å²) in [5.74, 6) is -0.0991. The van der Waals surface area contributed by atoms with Crippen LogP contribution in [-0.2, 0) is 4.79 Å². The van der Waals surface area contributed by atoms with Crippen molar-refractivity contribution in [1.29, 1.82) is 0 Å². The third kappa shape index (κ3) is 7.53. The SMILES string of the molecule is CCCC(=O)NC1CCN(CCCC(=O)c2ccc(F)cc2)CC1.Cl. The van der Waals surface area contributed by atoms with Crippen LogP contribution < -0.4 is 5.32 Å². The summed E-state index contributed by atoms with van der Waals surface area (Å²) in [5.41, 5.74) is 0.578. The van der Waals surface area contributed by atoms with E-state index in [0.717, 1.165) is 45.3 Å². The lowest BCUT2D eigenvalue weighted by Crippen LogP contribution is -2.44. The Labute approximate surface area is 155 Å². The Kier molecular flexibility index (Phi) is 9.68. The van der Waals surface area contributed by atoms with Gasteiger partial charge in [0.1, 0.15) is 5.82 Å². The van der Waals surface area contributed by atoms with Crippen LogP contribution in [0.1, 0.15) is 55.8 Å². The number of nitrogens with zero attached hydrogens (tertiary/aromatic N) is 1. The molecule has 1 amide bonds. The van der Waals surface area contributed by atoms with Gasteiger partial charge in [0.15, 0.2) is 5.78 Å². The van der Waals surface area contributed by atoms with Gasteiger partial charge in [0.2, 0.25) is 5.91 Å². The number of benzene rings is 1. The molecule has 1 aromatic rings. The number of carbonyl (C=O) groups is 2. The fourth-order valence-corrected chi connectivity index (χ4v) is 3.07. The monoisotopic (exact) mass is 370 g/mol. The lowest BCUT2D eigenvalue weighted by Gasteiger charge is -2.32. The Morgan fingerprint density at radius 1 is 1.16 bits per heavy atom. The number of hydrogen-bond acceptors (Lipinski definition) is 3. The normalized spacial score (nSPS) is 15.4. The molecule has 1 aliphatic heterocycles. The van der Waals surface area contributed by atoms with Crippen LogP contribution in [0.3, 0.4) is 0 Å². The Morgan fingerprint density at radius 2 is 1.80 bits per heavy atom. The smallest absolute Gasteiger partial charge is 0.220 e. The number of Topliss-reactive ketones (excluding diaryl/α,β-unsaturated/α-hetero) is 1. The highest BCUT2D eigenvalue weighted by Crippen LogP contribution is 2.13. The van der Waals surface area contributed by atoms with Gasteiger partial charge in [-0.1, -0.05) is 6.92 Å². The summed E-state index contributed by atoms with van der Waals surface area (Å²) in [4.78, 5) is 26.0. The van der Waals surface area contributed by atoms with E-state index in [0.29, 0.717) is 24.4 Å². The van der Waals surface area contributed by atoms with E-state index in [1.807, 2.05) is 6.92 Å². The molecule has 1 aliphatic rings. The van der Waals surface area contributed by atoms with E-state index in [4.69, 9.17) is 0 Å². The maximum Gasteiger partial charge on any atom is 0.220 e. The molecule has 140 valence electrons. The van der Waals surface area contributed by atoms with Crippen LogP contribution in [-0.4, -0.2) is 42.3 Å². The van der Waals surface area contributed by atoms with Crippen molar-refractivity contribution < 1.29 is 14.0 Å². The molecule has 0 atom stereocenters. The minimum atomic E-state index is -0.319. The second-order valence-electron chi connectivity index (χ2n) is 6.47. The van der Waals surface area contributed by atoms with Crippen LogP contribution in [0.15, 0.2) is 24.3 Å². The van der Waals surface area contributed by atoms with E-state index < -0.39 is 0 Å². The number of hydrogen-bond donors (Lipinski definition) is 1. The van der Waals surface area contributed by atoms with E-state index in [-0.39, 0.29) is 29.9 Å². The lowest BCUT2D eigenvalue weighted by molar-refractivity contribution is -0.122. The highest BCUT2D eigenvalue weighted by Gasteiger charge is 2.20. The maximum atomic E-state index is 12.9. The summed E-state index contributed by atoms with van der Waals surface area (Å²) in [6, 6.07) is 6.03. The molecule has 6 heteroatoms. The Balaban J connectivity index is 0.00000312. The first-order chi connectivity index (χ1) is 11.6. The molecule has 0 aromatic heterocycles. The van der Waals surface area contributed by atoms with E-state index in [1.54, 1.807) is 12.1 Å². The van der Waals surface area contributed by atoms with E-state index in [2.05, 4.69) is 10.2 Å². The zero-order valence-electron chi connectivity index (χ0n) is 14.8. The third-order valence-corrected chi connectivity index (χ3v) is 4.47. The van der Waals surface area contributed by atoms with Crippen LogP contribution in [0.4, 0.5) is 4.39 Å². The fraction of sp³-hybridized carbons (Fsp3) is 0.579. The van der Waals surface area contributed by atoms with Crippen LogP contribution in [0.5, 0.6) is 0 Å². The molecule has 0 spiro atoms. The van der Waals surface area contributed by atoms with E-state index in [9.17, 15) is 14.0 Å². The van der Waals surface area contributed by atoms with Crippen LogP contribution in [0.2, 0.25) is 0 Å². The number of rotatable bonds is 8. The summed E-state index contributed by atoms with van der Waals surface area (Å²) in [5, 5.41) is 3.09. The number of amides is 1. The predicted octanol–water partition coefficient (Wildman–Crippen LogP) is 3.59. The second kappa shape index (κ2) is 11.2. The van der Waals surface area contributed by atoms with Gasteiger partial charge in [-0.25, -0.2) is 4.39 Å². The van der Waals surface area contributed by atoms with Gasteiger partial charge < -0.3 is 10.2 Å². The number of nitrogens with one attached hydrogen (secondary N) is 1. The Bertz CT molecular complexity index is 543. The number of likely N-dealkylation sites (tertiary alicyclic amines) is 1. The zero-order chi connectivity index (χ0) is 17.4. The van der Waals surface area contributed by atoms with E-state index in [1.165, 1.54) is 12.1 Å².